The van der Waals surface area contributed by atoms with Gasteiger partial charge in [0.25, 0.3) is 0 Å². The summed E-state index contributed by atoms with van der Waals surface area (Å²) in [6, 6.07) is 4.44. The predicted octanol–water partition coefficient (Wildman–Crippen LogP) is 4.25. The Hall–Kier alpha value is -0.710. The fourth-order valence-corrected chi connectivity index (χ4v) is 2.79. The summed E-state index contributed by atoms with van der Waals surface area (Å²) in [6.45, 7) is 0. The van der Waals surface area contributed by atoms with Crippen LogP contribution in [0.25, 0.3) is 11.3 Å². The van der Waals surface area contributed by atoms with Gasteiger partial charge in [0.05, 0.1) is 0 Å². The topological polar surface area (TPSA) is 17.8 Å². The van der Waals surface area contributed by atoms with Gasteiger partial charge in [0, 0.05) is 17.6 Å². The average Bonchev–Trinajstić information content (AvgIpc) is 2.54. The van der Waals surface area contributed by atoms with E-state index in [2.05, 4.69) is 5.10 Å². The highest BCUT2D eigenvalue weighted by Gasteiger charge is 2.18. The van der Waals surface area contributed by atoms with Crippen molar-refractivity contribution in [2.75, 3.05) is 6.26 Å². The van der Waals surface area contributed by atoms with Gasteiger partial charge in [0.1, 0.15) is 21.6 Å². The van der Waals surface area contributed by atoms with E-state index in [1.165, 1.54) is 17.8 Å². The zero-order chi connectivity index (χ0) is 12.6. The van der Waals surface area contributed by atoms with Crippen LogP contribution in [0.1, 0.15) is 0 Å². The third-order valence-electron chi connectivity index (χ3n) is 2.32. The van der Waals surface area contributed by atoms with Crippen molar-refractivity contribution in [1.29, 1.82) is 0 Å². The molecule has 0 atom stereocenters. The number of hydrogen-bond acceptors (Lipinski definition) is 2. The van der Waals surface area contributed by atoms with Gasteiger partial charge >= 0.3 is 0 Å². The number of nitrogens with zero attached hydrogens (tertiary/aromatic N) is 2. The van der Waals surface area contributed by atoms with Crippen LogP contribution in [-0.4, -0.2) is 16.0 Å². The van der Waals surface area contributed by atoms with Crippen molar-refractivity contribution in [3.05, 3.63) is 34.1 Å². The van der Waals surface area contributed by atoms with Crippen LogP contribution in [0.15, 0.2) is 23.2 Å². The zero-order valence-electron chi connectivity index (χ0n) is 9.17. The molecule has 0 aliphatic heterocycles. The quantitative estimate of drug-likeness (QED) is 0.770. The zero-order valence-corrected chi connectivity index (χ0v) is 11.5. The fourth-order valence-electron chi connectivity index (χ4n) is 1.56. The van der Waals surface area contributed by atoms with Gasteiger partial charge in [0.2, 0.25) is 0 Å². The van der Waals surface area contributed by atoms with Gasteiger partial charge in [-0.15, -0.1) is 11.8 Å². The number of halogens is 3. The molecule has 1 aromatic carbocycles. The maximum Gasteiger partial charge on any atom is 0.134 e. The molecular formula is C11H9Cl2FN2S. The summed E-state index contributed by atoms with van der Waals surface area (Å²) < 4.78 is 15.4. The molecule has 0 N–H and O–H groups in total. The van der Waals surface area contributed by atoms with Gasteiger partial charge in [-0.3, -0.25) is 4.68 Å². The fraction of sp³-hybridized carbons (Fsp3) is 0.182. The van der Waals surface area contributed by atoms with Crippen LogP contribution in [0, 0.1) is 5.82 Å². The number of aromatic nitrogens is 2. The van der Waals surface area contributed by atoms with E-state index in [0.717, 1.165) is 5.03 Å². The van der Waals surface area contributed by atoms with Crippen molar-refractivity contribution in [2.45, 2.75) is 5.03 Å². The van der Waals surface area contributed by atoms with Gasteiger partial charge in [0.15, 0.2) is 0 Å². The summed E-state index contributed by atoms with van der Waals surface area (Å²) in [4.78, 5) is 0. The number of benzene rings is 1. The largest absolute Gasteiger partial charge is 0.260 e. The molecule has 0 fully saturated rings. The molecule has 0 radical (unpaired) electrons. The van der Waals surface area contributed by atoms with Crippen molar-refractivity contribution < 1.29 is 4.39 Å². The highest BCUT2D eigenvalue weighted by atomic mass is 35.5. The third kappa shape index (κ3) is 2.30. The Morgan fingerprint density at radius 2 is 2.06 bits per heavy atom. The summed E-state index contributed by atoms with van der Waals surface area (Å²) in [5.41, 5.74) is 0.794. The van der Waals surface area contributed by atoms with Crippen molar-refractivity contribution in [3.63, 3.8) is 0 Å². The summed E-state index contributed by atoms with van der Waals surface area (Å²) in [7, 11) is 1.77. The SMILES string of the molecule is CSc1c(Cl)c(-c2ccc(Cl)cc2F)nn1C. The molecule has 0 unspecified atom stereocenters. The minimum atomic E-state index is -0.426. The molecule has 1 heterocycles. The van der Waals surface area contributed by atoms with E-state index in [1.54, 1.807) is 23.9 Å². The maximum absolute atomic E-state index is 13.8. The first-order valence-electron chi connectivity index (χ1n) is 4.76. The van der Waals surface area contributed by atoms with E-state index in [9.17, 15) is 4.39 Å². The van der Waals surface area contributed by atoms with E-state index in [-0.39, 0.29) is 0 Å². The standard InChI is InChI=1S/C11H9Cl2FN2S/c1-16-11(17-2)9(13)10(15-16)7-4-3-6(12)5-8(7)14/h3-5H,1-2H3. The molecule has 0 saturated heterocycles. The molecule has 0 saturated carbocycles. The Balaban J connectivity index is 2.61. The second-order valence-electron chi connectivity index (χ2n) is 3.42. The number of hydrogen-bond donors (Lipinski definition) is 0. The lowest BCUT2D eigenvalue weighted by molar-refractivity contribution is 0.629. The monoisotopic (exact) mass is 290 g/mol. The molecule has 1 aromatic heterocycles. The molecule has 17 heavy (non-hydrogen) atoms. The lowest BCUT2D eigenvalue weighted by Gasteiger charge is -2.00. The Morgan fingerprint density at radius 1 is 1.35 bits per heavy atom. The van der Waals surface area contributed by atoms with Crippen LogP contribution in [0.4, 0.5) is 4.39 Å². The molecule has 0 aliphatic carbocycles. The summed E-state index contributed by atoms with van der Waals surface area (Å²) in [6.07, 6.45) is 1.89. The second kappa shape index (κ2) is 4.88. The smallest absolute Gasteiger partial charge is 0.134 e. The minimum absolute atomic E-state index is 0.350. The van der Waals surface area contributed by atoms with Crippen LogP contribution < -0.4 is 0 Å². The lowest BCUT2D eigenvalue weighted by atomic mass is 10.1. The summed E-state index contributed by atoms with van der Waals surface area (Å²) >= 11 is 13.3. The van der Waals surface area contributed by atoms with Crippen LogP contribution in [0.2, 0.25) is 10.0 Å². The highest BCUT2D eigenvalue weighted by molar-refractivity contribution is 7.98. The normalized spacial score (nSPS) is 10.9. The van der Waals surface area contributed by atoms with E-state index in [0.29, 0.717) is 21.3 Å². The van der Waals surface area contributed by atoms with Crippen molar-refractivity contribution in [1.82, 2.24) is 9.78 Å². The third-order valence-corrected chi connectivity index (χ3v) is 3.88. The van der Waals surface area contributed by atoms with Gasteiger partial charge in [-0.2, -0.15) is 5.10 Å². The summed E-state index contributed by atoms with van der Waals surface area (Å²) in [5, 5.41) is 5.83. The van der Waals surface area contributed by atoms with Crippen molar-refractivity contribution in [2.24, 2.45) is 7.05 Å². The highest BCUT2D eigenvalue weighted by Crippen LogP contribution is 2.35. The van der Waals surface area contributed by atoms with Crippen LogP contribution in [0.5, 0.6) is 0 Å². The van der Waals surface area contributed by atoms with E-state index in [4.69, 9.17) is 23.2 Å². The molecule has 2 rings (SSSR count). The van der Waals surface area contributed by atoms with Crippen molar-refractivity contribution in [3.8, 4) is 11.3 Å². The minimum Gasteiger partial charge on any atom is -0.260 e. The first-order valence-corrected chi connectivity index (χ1v) is 6.74. The van der Waals surface area contributed by atoms with Gasteiger partial charge < -0.3 is 0 Å². The average molecular weight is 291 g/mol. The molecule has 2 nitrogen and oxygen atoms in total. The number of thioether (sulfide) groups is 1. The molecule has 90 valence electrons. The predicted molar refractivity (Wildman–Crippen MR) is 70.4 cm³/mol. The number of aryl methyl sites for hydroxylation is 1. The number of rotatable bonds is 2. The Labute approximate surface area is 113 Å². The molecule has 0 spiro atoms. The van der Waals surface area contributed by atoms with Crippen molar-refractivity contribution >= 4 is 35.0 Å². The summed E-state index contributed by atoms with van der Waals surface area (Å²) in [5.74, 6) is -0.426. The van der Waals surface area contributed by atoms with E-state index >= 15 is 0 Å². The van der Waals surface area contributed by atoms with Crippen LogP contribution >= 0.6 is 35.0 Å². The molecular weight excluding hydrogens is 282 g/mol. The Morgan fingerprint density at radius 3 is 2.59 bits per heavy atom. The molecule has 0 amide bonds. The van der Waals surface area contributed by atoms with E-state index in [1.807, 2.05) is 6.26 Å². The Kier molecular flexibility index (Phi) is 3.66. The second-order valence-corrected chi connectivity index (χ2v) is 5.03. The maximum atomic E-state index is 13.8. The first kappa shape index (κ1) is 12.7. The molecule has 6 heteroatoms. The first-order chi connectivity index (χ1) is 8.04. The van der Waals surface area contributed by atoms with Crippen LogP contribution in [0.3, 0.4) is 0 Å². The lowest BCUT2D eigenvalue weighted by Crippen LogP contribution is -1.92. The molecule has 2 aromatic rings. The molecule has 0 aliphatic rings. The van der Waals surface area contributed by atoms with Crippen LogP contribution in [-0.2, 0) is 7.05 Å². The Bertz CT molecular complexity index is 569. The van der Waals surface area contributed by atoms with Gasteiger partial charge in [-0.1, -0.05) is 23.2 Å². The van der Waals surface area contributed by atoms with Gasteiger partial charge in [-0.25, -0.2) is 4.39 Å². The van der Waals surface area contributed by atoms with Gasteiger partial charge in [-0.05, 0) is 24.5 Å². The van der Waals surface area contributed by atoms with E-state index < -0.39 is 5.82 Å². The molecule has 0 bridgehead atoms.